The van der Waals surface area contributed by atoms with Crippen molar-refractivity contribution in [2.45, 2.75) is 19.4 Å². The topological polar surface area (TPSA) is 12.0 Å². The fourth-order valence-corrected chi connectivity index (χ4v) is 2.85. The van der Waals surface area contributed by atoms with Crippen LogP contribution in [-0.2, 0) is 6.42 Å². The van der Waals surface area contributed by atoms with E-state index in [-0.39, 0.29) is 11.9 Å². The van der Waals surface area contributed by atoms with Gasteiger partial charge in [-0.05, 0) is 54.4 Å². The highest BCUT2D eigenvalue weighted by Crippen LogP contribution is 2.23. The summed E-state index contributed by atoms with van der Waals surface area (Å²) in [5.41, 5.74) is 2.11. The second-order valence-electron chi connectivity index (χ2n) is 4.64. The van der Waals surface area contributed by atoms with Crippen molar-refractivity contribution in [2.24, 2.45) is 0 Å². The molecule has 0 bridgehead atoms. The highest BCUT2D eigenvalue weighted by Gasteiger charge is 2.12. The Bertz CT molecular complexity index is 551. The molecule has 106 valence electrons. The molecular formula is C16H16BrClFN. The minimum absolute atomic E-state index is 0.144. The Morgan fingerprint density at radius 3 is 2.50 bits per heavy atom. The second-order valence-corrected chi connectivity index (χ2v) is 6.00. The van der Waals surface area contributed by atoms with E-state index in [4.69, 9.17) is 11.6 Å². The Labute approximate surface area is 132 Å². The maximum absolute atomic E-state index is 13.5. The van der Waals surface area contributed by atoms with Crippen molar-refractivity contribution in [1.29, 1.82) is 0 Å². The summed E-state index contributed by atoms with van der Waals surface area (Å²) in [6, 6.07) is 12.9. The summed E-state index contributed by atoms with van der Waals surface area (Å²) in [7, 11) is 0. The first-order chi connectivity index (χ1) is 9.58. The molecule has 0 fully saturated rings. The maximum Gasteiger partial charge on any atom is 0.124 e. The van der Waals surface area contributed by atoms with Crippen molar-refractivity contribution in [3.8, 4) is 0 Å². The molecule has 0 radical (unpaired) electrons. The van der Waals surface area contributed by atoms with Gasteiger partial charge in [0, 0.05) is 15.5 Å². The average molecular weight is 357 g/mol. The van der Waals surface area contributed by atoms with E-state index in [0.29, 0.717) is 0 Å². The van der Waals surface area contributed by atoms with Crippen molar-refractivity contribution in [1.82, 2.24) is 5.32 Å². The summed E-state index contributed by atoms with van der Waals surface area (Å²) < 4.78 is 14.2. The van der Waals surface area contributed by atoms with Crippen LogP contribution >= 0.6 is 27.5 Å². The van der Waals surface area contributed by atoms with E-state index in [2.05, 4.69) is 28.2 Å². The Morgan fingerprint density at radius 2 is 1.90 bits per heavy atom. The summed E-state index contributed by atoms with van der Waals surface area (Å²) in [6.45, 7) is 2.91. The number of likely N-dealkylation sites (N-methyl/N-ethyl adjacent to an activating group) is 1. The Balaban J connectivity index is 2.22. The maximum atomic E-state index is 13.5. The molecule has 1 N–H and O–H groups in total. The third-order valence-corrected chi connectivity index (χ3v) is 3.79. The zero-order chi connectivity index (χ0) is 14.5. The number of halogens is 3. The molecule has 2 aromatic rings. The van der Waals surface area contributed by atoms with Gasteiger partial charge in [-0.3, -0.25) is 0 Å². The standard InChI is InChI=1S/C16H16BrClFN/c1-2-20-16(12-3-5-14(18)6-4-12)9-11-7-13(17)10-15(19)8-11/h3-8,10,16,20H,2,9H2,1H3. The smallest absolute Gasteiger partial charge is 0.124 e. The lowest BCUT2D eigenvalue weighted by Gasteiger charge is -2.19. The quantitative estimate of drug-likeness (QED) is 0.782. The van der Waals surface area contributed by atoms with Gasteiger partial charge in [0.15, 0.2) is 0 Å². The van der Waals surface area contributed by atoms with Gasteiger partial charge in [-0.1, -0.05) is 46.6 Å². The molecule has 0 heterocycles. The first-order valence-corrected chi connectivity index (χ1v) is 7.69. The normalized spacial score (nSPS) is 12.4. The molecule has 0 aromatic heterocycles. The summed E-state index contributed by atoms with van der Waals surface area (Å²) >= 11 is 9.25. The van der Waals surface area contributed by atoms with Crippen LogP contribution in [0.5, 0.6) is 0 Å². The minimum Gasteiger partial charge on any atom is -0.310 e. The lowest BCUT2D eigenvalue weighted by Crippen LogP contribution is -2.23. The van der Waals surface area contributed by atoms with Gasteiger partial charge in [0.1, 0.15) is 5.82 Å². The fourth-order valence-electron chi connectivity index (χ4n) is 2.21. The van der Waals surface area contributed by atoms with Gasteiger partial charge in [0.2, 0.25) is 0 Å². The van der Waals surface area contributed by atoms with Gasteiger partial charge in [0.25, 0.3) is 0 Å². The van der Waals surface area contributed by atoms with E-state index in [0.717, 1.165) is 33.6 Å². The van der Waals surface area contributed by atoms with Gasteiger partial charge in [-0.25, -0.2) is 4.39 Å². The van der Waals surface area contributed by atoms with E-state index in [1.807, 2.05) is 30.3 Å². The molecule has 0 saturated carbocycles. The lowest BCUT2D eigenvalue weighted by atomic mass is 9.99. The average Bonchev–Trinajstić information content (AvgIpc) is 2.38. The van der Waals surface area contributed by atoms with Crippen LogP contribution in [0.2, 0.25) is 5.02 Å². The van der Waals surface area contributed by atoms with Crippen LogP contribution in [0.1, 0.15) is 24.1 Å². The van der Waals surface area contributed by atoms with Crippen molar-refractivity contribution in [3.05, 3.63) is 68.9 Å². The zero-order valence-electron chi connectivity index (χ0n) is 11.2. The van der Waals surface area contributed by atoms with Crippen molar-refractivity contribution >= 4 is 27.5 Å². The molecule has 0 aliphatic carbocycles. The van der Waals surface area contributed by atoms with Crippen molar-refractivity contribution in [2.75, 3.05) is 6.54 Å². The molecule has 2 rings (SSSR count). The molecule has 0 amide bonds. The molecule has 1 unspecified atom stereocenters. The highest BCUT2D eigenvalue weighted by atomic mass is 79.9. The third-order valence-electron chi connectivity index (χ3n) is 3.09. The second kappa shape index (κ2) is 7.21. The van der Waals surface area contributed by atoms with Gasteiger partial charge in [-0.15, -0.1) is 0 Å². The zero-order valence-corrected chi connectivity index (χ0v) is 13.5. The SMILES string of the molecule is CCNC(Cc1cc(F)cc(Br)c1)c1ccc(Cl)cc1. The summed E-state index contributed by atoms with van der Waals surface area (Å²) in [5.74, 6) is -0.222. The van der Waals surface area contributed by atoms with Crippen molar-refractivity contribution < 1.29 is 4.39 Å². The molecule has 4 heteroatoms. The Kier molecular flexibility index (Phi) is 5.58. The molecule has 0 spiro atoms. The molecule has 1 nitrogen and oxygen atoms in total. The number of benzene rings is 2. The predicted molar refractivity (Wildman–Crippen MR) is 85.7 cm³/mol. The van der Waals surface area contributed by atoms with Crippen molar-refractivity contribution in [3.63, 3.8) is 0 Å². The molecule has 0 aliphatic heterocycles. The Hall–Kier alpha value is -0.900. The molecule has 0 aliphatic rings. The number of hydrogen-bond donors (Lipinski definition) is 1. The van der Waals surface area contributed by atoms with Crippen LogP contribution in [0.3, 0.4) is 0 Å². The largest absolute Gasteiger partial charge is 0.310 e. The minimum atomic E-state index is -0.222. The van der Waals surface area contributed by atoms with E-state index in [9.17, 15) is 4.39 Å². The molecule has 20 heavy (non-hydrogen) atoms. The molecule has 2 aromatic carbocycles. The predicted octanol–water partition coefficient (Wildman–Crippen LogP) is 5.13. The van der Waals surface area contributed by atoms with E-state index in [1.165, 1.54) is 6.07 Å². The lowest BCUT2D eigenvalue weighted by molar-refractivity contribution is 0.546. The summed E-state index contributed by atoms with van der Waals surface area (Å²) in [5, 5.41) is 4.14. The Morgan fingerprint density at radius 1 is 1.20 bits per heavy atom. The van der Waals surface area contributed by atoms with Crippen LogP contribution in [-0.4, -0.2) is 6.54 Å². The number of hydrogen-bond acceptors (Lipinski definition) is 1. The molecular weight excluding hydrogens is 341 g/mol. The van der Waals surface area contributed by atoms with Gasteiger partial charge < -0.3 is 5.32 Å². The van der Waals surface area contributed by atoms with Crippen LogP contribution in [0.15, 0.2) is 46.9 Å². The van der Waals surface area contributed by atoms with E-state index < -0.39 is 0 Å². The third kappa shape index (κ3) is 4.30. The molecule has 1 atom stereocenters. The summed E-state index contributed by atoms with van der Waals surface area (Å²) in [6.07, 6.45) is 0.728. The first-order valence-electron chi connectivity index (χ1n) is 6.52. The van der Waals surface area contributed by atoms with E-state index >= 15 is 0 Å². The van der Waals surface area contributed by atoms with Gasteiger partial charge in [-0.2, -0.15) is 0 Å². The van der Waals surface area contributed by atoms with Gasteiger partial charge in [0.05, 0.1) is 0 Å². The summed E-state index contributed by atoms with van der Waals surface area (Å²) in [4.78, 5) is 0. The molecule has 0 saturated heterocycles. The fraction of sp³-hybridized carbons (Fsp3) is 0.250. The van der Waals surface area contributed by atoms with Crippen LogP contribution in [0.25, 0.3) is 0 Å². The first kappa shape index (κ1) is 15.5. The van der Waals surface area contributed by atoms with E-state index in [1.54, 1.807) is 6.07 Å². The highest BCUT2D eigenvalue weighted by molar-refractivity contribution is 9.10. The van der Waals surface area contributed by atoms with Gasteiger partial charge >= 0.3 is 0 Å². The number of rotatable bonds is 5. The van der Waals surface area contributed by atoms with Crippen LogP contribution < -0.4 is 5.32 Å². The van der Waals surface area contributed by atoms with Crippen LogP contribution in [0, 0.1) is 5.82 Å². The van der Waals surface area contributed by atoms with Crippen LogP contribution in [0.4, 0.5) is 4.39 Å². The number of nitrogens with one attached hydrogen (secondary N) is 1. The monoisotopic (exact) mass is 355 g/mol.